The number of rotatable bonds is 13. The molecule has 27 heavy (non-hydrogen) atoms. The zero-order chi connectivity index (χ0) is 19.0. The number of aliphatic hydroxyl groups is 1. The maximum absolute atomic E-state index is 13.7. The van der Waals surface area contributed by atoms with Crippen molar-refractivity contribution in [3.63, 3.8) is 0 Å². The SMILES string of the molecule is CCCCOCCOCCNC(=NCC(O)c1ccccc1F)NCC.I. The minimum Gasteiger partial charge on any atom is -0.386 e. The van der Waals surface area contributed by atoms with Crippen molar-refractivity contribution in [2.24, 2.45) is 4.99 Å². The number of guanidine groups is 1. The molecule has 0 bridgehead atoms. The summed E-state index contributed by atoms with van der Waals surface area (Å²) in [5, 5.41) is 16.3. The highest BCUT2D eigenvalue weighted by molar-refractivity contribution is 14.0. The number of aliphatic hydroxyl groups excluding tert-OH is 1. The van der Waals surface area contributed by atoms with E-state index in [9.17, 15) is 9.50 Å². The van der Waals surface area contributed by atoms with E-state index in [1.807, 2.05) is 6.92 Å². The van der Waals surface area contributed by atoms with Gasteiger partial charge in [0.05, 0.1) is 26.4 Å². The van der Waals surface area contributed by atoms with E-state index >= 15 is 0 Å². The Morgan fingerprint density at radius 3 is 2.48 bits per heavy atom. The van der Waals surface area contributed by atoms with Crippen molar-refractivity contribution < 1.29 is 19.0 Å². The van der Waals surface area contributed by atoms with Gasteiger partial charge in [-0.2, -0.15) is 0 Å². The molecule has 0 fully saturated rings. The lowest BCUT2D eigenvalue weighted by Gasteiger charge is -2.14. The standard InChI is InChI=1S/C19H32FN3O3.HI/c1-3-5-11-25-13-14-26-12-10-22-19(21-4-2)23-15-18(24)16-8-6-7-9-17(16)20;/h6-9,18,24H,3-5,10-15H2,1-2H3,(H2,21,22,23);1H. The number of halogens is 2. The van der Waals surface area contributed by atoms with Crippen molar-refractivity contribution in [2.45, 2.75) is 32.8 Å². The molecule has 1 unspecified atom stereocenters. The molecule has 0 aromatic heterocycles. The Morgan fingerprint density at radius 1 is 1.11 bits per heavy atom. The quantitative estimate of drug-likeness (QED) is 0.169. The van der Waals surface area contributed by atoms with E-state index in [0.717, 1.165) is 19.4 Å². The molecule has 0 saturated heterocycles. The van der Waals surface area contributed by atoms with Gasteiger partial charge >= 0.3 is 0 Å². The van der Waals surface area contributed by atoms with Gasteiger partial charge in [-0.25, -0.2) is 4.39 Å². The molecule has 0 spiro atoms. The van der Waals surface area contributed by atoms with E-state index in [1.165, 1.54) is 6.07 Å². The molecule has 8 heteroatoms. The van der Waals surface area contributed by atoms with Gasteiger partial charge in [-0.1, -0.05) is 31.5 Å². The van der Waals surface area contributed by atoms with Gasteiger partial charge in [-0.05, 0) is 19.4 Å². The van der Waals surface area contributed by atoms with Crippen LogP contribution < -0.4 is 10.6 Å². The number of ether oxygens (including phenoxy) is 2. The van der Waals surface area contributed by atoms with Crippen LogP contribution in [0, 0.1) is 5.82 Å². The summed E-state index contributed by atoms with van der Waals surface area (Å²) >= 11 is 0. The molecule has 0 radical (unpaired) electrons. The van der Waals surface area contributed by atoms with E-state index in [1.54, 1.807) is 18.2 Å². The van der Waals surface area contributed by atoms with E-state index in [2.05, 4.69) is 22.5 Å². The zero-order valence-electron chi connectivity index (χ0n) is 16.2. The fourth-order valence-electron chi connectivity index (χ4n) is 2.17. The van der Waals surface area contributed by atoms with Crippen molar-refractivity contribution >= 4 is 29.9 Å². The molecule has 1 aromatic rings. The van der Waals surface area contributed by atoms with Crippen LogP contribution in [0.15, 0.2) is 29.3 Å². The van der Waals surface area contributed by atoms with Gasteiger partial charge < -0.3 is 25.2 Å². The first-order valence-electron chi connectivity index (χ1n) is 9.29. The average molecular weight is 497 g/mol. The first-order valence-corrected chi connectivity index (χ1v) is 9.29. The second-order valence-corrected chi connectivity index (χ2v) is 5.76. The second kappa shape index (κ2) is 17.2. The Morgan fingerprint density at radius 2 is 1.81 bits per heavy atom. The van der Waals surface area contributed by atoms with Crippen LogP contribution in [-0.2, 0) is 9.47 Å². The molecule has 1 rings (SSSR count). The van der Waals surface area contributed by atoms with Crippen molar-refractivity contribution in [1.82, 2.24) is 10.6 Å². The molecular formula is C19H33FIN3O3. The molecule has 1 atom stereocenters. The molecule has 0 aliphatic carbocycles. The molecule has 0 heterocycles. The van der Waals surface area contributed by atoms with Crippen LogP contribution in [-0.4, -0.2) is 57.1 Å². The molecule has 0 aliphatic heterocycles. The Bertz CT molecular complexity index is 521. The minimum absolute atomic E-state index is 0. The number of nitrogens with one attached hydrogen (secondary N) is 2. The number of benzene rings is 1. The second-order valence-electron chi connectivity index (χ2n) is 5.76. The molecule has 0 aliphatic rings. The fraction of sp³-hybridized carbons (Fsp3) is 0.632. The van der Waals surface area contributed by atoms with Crippen LogP contribution >= 0.6 is 24.0 Å². The average Bonchev–Trinajstić information content (AvgIpc) is 2.64. The Labute approximate surface area is 179 Å². The van der Waals surface area contributed by atoms with Crippen molar-refractivity contribution in [1.29, 1.82) is 0 Å². The molecule has 0 saturated carbocycles. The highest BCUT2D eigenvalue weighted by Gasteiger charge is 2.11. The summed E-state index contributed by atoms with van der Waals surface area (Å²) in [6.07, 6.45) is 1.22. The lowest BCUT2D eigenvalue weighted by molar-refractivity contribution is 0.0487. The van der Waals surface area contributed by atoms with Crippen LogP contribution in [0.3, 0.4) is 0 Å². The summed E-state index contributed by atoms with van der Waals surface area (Å²) in [6, 6.07) is 6.18. The third kappa shape index (κ3) is 12.2. The van der Waals surface area contributed by atoms with Crippen LogP contribution in [0.2, 0.25) is 0 Å². The number of nitrogens with zero attached hydrogens (tertiary/aromatic N) is 1. The Hall–Kier alpha value is -0.970. The van der Waals surface area contributed by atoms with Gasteiger partial charge in [0.15, 0.2) is 5.96 Å². The van der Waals surface area contributed by atoms with Gasteiger partial charge in [0.1, 0.15) is 11.9 Å². The summed E-state index contributed by atoms with van der Waals surface area (Å²) < 4.78 is 24.6. The highest BCUT2D eigenvalue weighted by Crippen LogP contribution is 2.16. The minimum atomic E-state index is -0.983. The molecule has 0 amide bonds. The molecule has 6 nitrogen and oxygen atoms in total. The van der Waals surface area contributed by atoms with Gasteiger partial charge in [-0.3, -0.25) is 4.99 Å². The highest BCUT2D eigenvalue weighted by atomic mass is 127. The Kier molecular flexibility index (Phi) is 16.5. The molecular weight excluding hydrogens is 464 g/mol. The van der Waals surface area contributed by atoms with E-state index in [0.29, 0.717) is 38.9 Å². The fourth-order valence-corrected chi connectivity index (χ4v) is 2.17. The van der Waals surface area contributed by atoms with Crippen LogP contribution in [0.4, 0.5) is 4.39 Å². The first kappa shape index (κ1) is 26.0. The van der Waals surface area contributed by atoms with Crippen molar-refractivity contribution in [3.8, 4) is 0 Å². The van der Waals surface area contributed by atoms with Gasteiger partial charge in [0.2, 0.25) is 0 Å². The number of hydrogen-bond donors (Lipinski definition) is 3. The lowest BCUT2D eigenvalue weighted by atomic mass is 10.1. The van der Waals surface area contributed by atoms with Gasteiger partial charge in [-0.15, -0.1) is 24.0 Å². The van der Waals surface area contributed by atoms with Crippen molar-refractivity contribution in [2.75, 3.05) is 46.1 Å². The predicted molar refractivity (Wildman–Crippen MR) is 117 cm³/mol. The third-order valence-electron chi connectivity index (χ3n) is 3.58. The monoisotopic (exact) mass is 497 g/mol. The van der Waals surface area contributed by atoms with Gasteiger partial charge in [0.25, 0.3) is 0 Å². The zero-order valence-corrected chi connectivity index (χ0v) is 18.6. The van der Waals surface area contributed by atoms with Crippen LogP contribution in [0.5, 0.6) is 0 Å². The molecule has 156 valence electrons. The smallest absolute Gasteiger partial charge is 0.191 e. The third-order valence-corrected chi connectivity index (χ3v) is 3.58. The normalized spacial score (nSPS) is 12.4. The predicted octanol–water partition coefficient (Wildman–Crippen LogP) is 2.87. The maximum atomic E-state index is 13.7. The lowest BCUT2D eigenvalue weighted by Crippen LogP contribution is -2.39. The van der Waals surface area contributed by atoms with Crippen LogP contribution in [0.1, 0.15) is 38.4 Å². The number of unbranched alkanes of at least 4 members (excludes halogenated alkanes) is 1. The number of hydrogen-bond acceptors (Lipinski definition) is 4. The van der Waals surface area contributed by atoms with Crippen molar-refractivity contribution in [3.05, 3.63) is 35.6 Å². The van der Waals surface area contributed by atoms with E-state index in [4.69, 9.17) is 9.47 Å². The molecule has 3 N–H and O–H groups in total. The summed E-state index contributed by atoms with van der Waals surface area (Å²) in [5.74, 6) is 0.133. The Balaban J connectivity index is 0.00000676. The summed E-state index contributed by atoms with van der Waals surface area (Å²) in [5.41, 5.74) is 0.249. The molecule has 1 aromatic carbocycles. The maximum Gasteiger partial charge on any atom is 0.191 e. The number of aliphatic imine (C=N–C) groups is 1. The topological polar surface area (TPSA) is 75.1 Å². The van der Waals surface area contributed by atoms with E-state index < -0.39 is 11.9 Å². The van der Waals surface area contributed by atoms with Crippen LogP contribution in [0.25, 0.3) is 0 Å². The summed E-state index contributed by atoms with van der Waals surface area (Å²) in [4.78, 5) is 4.30. The van der Waals surface area contributed by atoms with E-state index in [-0.39, 0.29) is 36.1 Å². The first-order chi connectivity index (χ1) is 12.7. The summed E-state index contributed by atoms with van der Waals surface area (Å²) in [7, 11) is 0. The van der Waals surface area contributed by atoms with Gasteiger partial charge in [0, 0.05) is 25.3 Å². The largest absolute Gasteiger partial charge is 0.386 e. The summed E-state index contributed by atoms with van der Waals surface area (Å²) in [6.45, 7) is 7.89.